The van der Waals surface area contributed by atoms with Gasteiger partial charge in [0.25, 0.3) is 5.91 Å². The van der Waals surface area contributed by atoms with Crippen LogP contribution >= 0.6 is 0 Å². The lowest BCUT2D eigenvalue weighted by molar-refractivity contribution is -0.131. The first-order valence-electron chi connectivity index (χ1n) is 10.2. The number of piperidine rings is 1. The predicted octanol–water partition coefficient (Wildman–Crippen LogP) is 2.06. The van der Waals surface area contributed by atoms with Crippen LogP contribution < -0.4 is 5.32 Å². The second-order valence-corrected chi connectivity index (χ2v) is 8.55. The van der Waals surface area contributed by atoms with Crippen molar-refractivity contribution >= 4 is 11.9 Å². The van der Waals surface area contributed by atoms with E-state index in [1.807, 2.05) is 6.07 Å². The van der Waals surface area contributed by atoms with Gasteiger partial charge in [0.2, 0.25) is 0 Å². The molecule has 0 radical (unpaired) electrons. The summed E-state index contributed by atoms with van der Waals surface area (Å²) in [4.78, 5) is 28.5. The minimum absolute atomic E-state index is 0.0744. The van der Waals surface area contributed by atoms with Crippen molar-refractivity contribution in [3.05, 3.63) is 35.6 Å². The molecular formula is C21H28FN3O3. The maximum absolute atomic E-state index is 13.4. The zero-order valence-electron chi connectivity index (χ0n) is 16.1. The summed E-state index contributed by atoms with van der Waals surface area (Å²) in [5, 5.41) is 13.8. The fourth-order valence-corrected chi connectivity index (χ4v) is 4.83. The molecule has 1 spiro atoms. The van der Waals surface area contributed by atoms with Gasteiger partial charge in [-0.05, 0) is 43.4 Å². The fourth-order valence-electron chi connectivity index (χ4n) is 4.83. The van der Waals surface area contributed by atoms with Crippen molar-refractivity contribution < 1.29 is 19.1 Å². The normalized spacial score (nSPS) is 24.1. The van der Waals surface area contributed by atoms with Gasteiger partial charge in [0.05, 0.1) is 5.60 Å². The molecule has 4 rings (SSSR count). The minimum Gasteiger partial charge on any atom is -0.389 e. The molecule has 1 aromatic rings. The lowest BCUT2D eigenvalue weighted by Gasteiger charge is -2.38. The van der Waals surface area contributed by atoms with Crippen molar-refractivity contribution in [1.82, 2.24) is 15.1 Å². The number of rotatable bonds is 5. The van der Waals surface area contributed by atoms with E-state index in [0.717, 1.165) is 31.2 Å². The van der Waals surface area contributed by atoms with Crippen molar-refractivity contribution in [2.24, 2.45) is 0 Å². The number of aliphatic hydroxyl groups is 1. The SMILES string of the molecule is O=C1NC2(CCCC2)C(=O)N1CCN1CCC(O)(Cc2cccc(F)c2)CC1. The Hall–Kier alpha value is -1.99. The Morgan fingerprint density at radius 2 is 1.79 bits per heavy atom. The van der Waals surface area contributed by atoms with Gasteiger partial charge < -0.3 is 15.3 Å². The topological polar surface area (TPSA) is 72.9 Å². The van der Waals surface area contributed by atoms with E-state index in [0.29, 0.717) is 45.4 Å². The number of hydrogen-bond donors (Lipinski definition) is 2. The highest BCUT2D eigenvalue weighted by molar-refractivity contribution is 6.07. The molecule has 0 atom stereocenters. The number of halogens is 1. The Morgan fingerprint density at radius 3 is 2.46 bits per heavy atom. The molecule has 0 unspecified atom stereocenters. The van der Waals surface area contributed by atoms with Gasteiger partial charge in [0, 0.05) is 32.6 Å². The van der Waals surface area contributed by atoms with Gasteiger partial charge in [-0.15, -0.1) is 0 Å². The van der Waals surface area contributed by atoms with Crippen LogP contribution in [0.15, 0.2) is 24.3 Å². The number of nitrogens with zero attached hydrogens (tertiary/aromatic N) is 2. The summed E-state index contributed by atoms with van der Waals surface area (Å²) in [5.41, 5.74) is -0.680. The monoisotopic (exact) mass is 389 g/mol. The molecule has 3 aliphatic rings. The number of carbonyl (C=O) groups is 2. The first kappa shape index (κ1) is 19.3. The van der Waals surface area contributed by atoms with Crippen LogP contribution in [0.25, 0.3) is 0 Å². The summed E-state index contributed by atoms with van der Waals surface area (Å²) in [6.45, 7) is 2.39. The summed E-state index contributed by atoms with van der Waals surface area (Å²) in [6, 6.07) is 6.11. The van der Waals surface area contributed by atoms with Gasteiger partial charge >= 0.3 is 6.03 Å². The number of benzene rings is 1. The molecular weight excluding hydrogens is 361 g/mol. The highest BCUT2D eigenvalue weighted by Crippen LogP contribution is 2.35. The molecule has 2 aliphatic heterocycles. The van der Waals surface area contributed by atoms with Crippen molar-refractivity contribution in [3.8, 4) is 0 Å². The number of nitrogens with one attached hydrogen (secondary N) is 1. The Kier molecular flexibility index (Phi) is 5.14. The van der Waals surface area contributed by atoms with Crippen LogP contribution in [0.4, 0.5) is 9.18 Å². The molecule has 1 saturated carbocycles. The highest BCUT2D eigenvalue weighted by atomic mass is 19.1. The molecule has 7 heteroatoms. The number of carbonyl (C=O) groups excluding carboxylic acids is 2. The van der Waals surface area contributed by atoms with Gasteiger partial charge in [-0.3, -0.25) is 9.69 Å². The quantitative estimate of drug-likeness (QED) is 0.756. The maximum Gasteiger partial charge on any atom is 0.325 e. The van der Waals surface area contributed by atoms with Gasteiger partial charge in [0.1, 0.15) is 11.4 Å². The van der Waals surface area contributed by atoms with Crippen LogP contribution in [0.2, 0.25) is 0 Å². The standard InChI is InChI=1S/C21H28FN3O3/c22-17-5-3-4-16(14-17)15-20(28)8-10-24(11-9-20)12-13-25-18(26)21(23-19(25)27)6-1-2-7-21/h3-5,14,28H,1-2,6-13,15H2,(H,23,27). The molecule has 2 N–H and O–H groups in total. The van der Waals surface area contributed by atoms with E-state index >= 15 is 0 Å². The maximum atomic E-state index is 13.4. The van der Waals surface area contributed by atoms with E-state index in [4.69, 9.17) is 0 Å². The molecule has 2 saturated heterocycles. The number of urea groups is 1. The summed E-state index contributed by atoms with van der Waals surface area (Å²) in [7, 11) is 0. The lowest BCUT2D eigenvalue weighted by Crippen LogP contribution is -2.48. The Balaban J connectivity index is 1.28. The summed E-state index contributed by atoms with van der Waals surface area (Å²) in [6.07, 6.45) is 5.07. The second-order valence-electron chi connectivity index (χ2n) is 8.55. The second kappa shape index (κ2) is 7.44. The molecule has 1 aromatic carbocycles. The highest BCUT2D eigenvalue weighted by Gasteiger charge is 2.52. The largest absolute Gasteiger partial charge is 0.389 e. The molecule has 2 heterocycles. The Bertz CT molecular complexity index is 755. The molecule has 3 amide bonds. The first-order valence-corrected chi connectivity index (χ1v) is 10.2. The van der Waals surface area contributed by atoms with Crippen LogP contribution in [0.5, 0.6) is 0 Å². The molecule has 3 fully saturated rings. The Labute approximate surface area is 164 Å². The van der Waals surface area contributed by atoms with Crippen molar-refractivity contribution in [1.29, 1.82) is 0 Å². The van der Waals surface area contributed by atoms with E-state index in [1.165, 1.54) is 17.0 Å². The van der Waals surface area contributed by atoms with E-state index in [9.17, 15) is 19.1 Å². The third kappa shape index (κ3) is 3.78. The minimum atomic E-state index is -0.834. The van der Waals surface area contributed by atoms with Crippen LogP contribution in [0.3, 0.4) is 0 Å². The van der Waals surface area contributed by atoms with Gasteiger partial charge in [-0.2, -0.15) is 0 Å². The van der Waals surface area contributed by atoms with E-state index < -0.39 is 11.1 Å². The average Bonchev–Trinajstić information content (AvgIpc) is 3.21. The van der Waals surface area contributed by atoms with E-state index in [-0.39, 0.29) is 17.8 Å². The molecule has 0 aromatic heterocycles. The fraction of sp³-hybridized carbons (Fsp3) is 0.619. The van der Waals surface area contributed by atoms with Crippen LogP contribution in [-0.4, -0.2) is 64.2 Å². The zero-order valence-corrected chi connectivity index (χ0v) is 16.1. The number of likely N-dealkylation sites (tertiary alicyclic amines) is 1. The van der Waals surface area contributed by atoms with Gasteiger partial charge in [0.15, 0.2) is 0 Å². The third-order valence-electron chi connectivity index (χ3n) is 6.55. The number of imide groups is 1. The summed E-state index contributed by atoms with van der Waals surface area (Å²) < 4.78 is 13.4. The summed E-state index contributed by atoms with van der Waals surface area (Å²) in [5.74, 6) is -0.359. The van der Waals surface area contributed by atoms with Crippen LogP contribution in [0, 0.1) is 5.82 Å². The molecule has 0 bridgehead atoms. The average molecular weight is 389 g/mol. The predicted molar refractivity (Wildman–Crippen MR) is 102 cm³/mol. The zero-order chi connectivity index (χ0) is 19.8. The Morgan fingerprint density at radius 1 is 1.07 bits per heavy atom. The first-order chi connectivity index (χ1) is 13.4. The van der Waals surface area contributed by atoms with Crippen LogP contribution in [0.1, 0.15) is 44.1 Å². The van der Waals surface area contributed by atoms with E-state index in [2.05, 4.69) is 10.2 Å². The molecule has 152 valence electrons. The smallest absolute Gasteiger partial charge is 0.325 e. The van der Waals surface area contributed by atoms with Crippen molar-refractivity contribution in [3.63, 3.8) is 0 Å². The van der Waals surface area contributed by atoms with Crippen LogP contribution in [-0.2, 0) is 11.2 Å². The van der Waals surface area contributed by atoms with Crippen molar-refractivity contribution in [2.45, 2.75) is 56.1 Å². The van der Waals surface area contributed by atoms with Crippen molar-refractivity contribution in [2.75, 3.05) is 26.2 Å². The van der Waals surface area contributed by atoms with Gasteiger partial charge in [-0.25, -0.2) is 9.18 Å². The van der Waals surface area contributed by atoms with Gasteiger partial charge in [-0.1, -0.05) is 25.0 Å². The number of hydrogen-bond acceptors (Lipinski definition) is 4. The molecule has 28 heavy (non-hydrogen) atoms. The van der Waals surface area contributed by atoms with E-state index in [1.54, 1.807) is 6.07 Å². The molecule has 6 nitrogen and oxygen atoms in total. The third-order valence-corrected chi connectivity index (χ3v) is 6.55. The molecule has 1 aliphatic carbocycles. The lowest BCUT2D eigenvalue weighted by atomic mass is 9.85. The summed E-state index contributed by atoms with van der Waals surface area (Å²) >= 11 is 0. The number of amides is 3.